The predicted octanol–water partition coefficient (Wildman–Crippen LogP) is 1.36. The lowest BCUT2D eigenvalue weighted by atomic mass is 10.1. The van der Waals surface area contributed by atoms with Crippen molar-refractivity contribution in [3.8, 4) is 0 Å². The number of carbonyl (C=O) groups is 2. The topological polar surface area (TPSA) is 69.4 Å². The van der Waals surface area contributed by atoms with Crippen LogP contribution in [-0.4, -0.2) is 23.5 Å². The van der Waals surface area contributed by atoms with E-state index < -0.39 is 5.97 Å². The molecule has 1 aromatic rings. The van der Waals surface area contributed by atoms with Crippen molar-refractivity contribution >= 4 is 11.8 Å². The van der Waals surface area contributed by atoms with E-state index in [9.17, 15) is 9.59 Å². The normalized spacial score (nSPS) is 9.93. The standard InChI is InChI=1S/C9H11NO4/c1-4-13-9(12)7-6(3)14-10-8(7)5(2)11/h4H2,1-3H3. The Balaban J connectivity index is 3.11. The molecule has 0 aliphatic carbocycles. The number of hydrogen-bond donors (Lipinski definition) is 0. The SMILES string of the molecule is CCOC(=O)c1c(C(C)=O)noc1C. The van der Waals surface area contributed by atoms with Gasteiger partial charge in [-0.05, 0) is 13.8 Å². The van der Waals surface area contributed by atoms with Crippen LogP contribution in [0.15, 0.2) is 4.52 Å². The van der Waals surface area contributed by atoms with E-state index in [1.807, 2.05) is 0 Å². The van der Waals surface area contributed by atoms with Gasteiger partial charge in [-0.25, -0.2) is 4.79 Å². The molecule has 1 aromatic heterocycles. The Bertz CT molecular complexity index is 367. The number of aromatic nitrogens is 1. The molecule has 1 heterocycles. The lowest BCUT2D eigenvalue weighted by Crippen LogP contribution is -2.10. The minimum Gasteiger partial charge on any atom is -0.462 e. The Morgan fingerprint density at radius 2 is 2.14 bits per heavy atom. The van der Waals surface area contributed by atoms with Gasteiger partial charge in [0, 0.05) is 6.92 Å². The minimum absolute atomic E-state index is 0.0287. The lowest BCUT2D eigenvalue weighted by molar-refractivity contribution is 0.0521. The maximum atomic E-state index is 11.4. The molecule has 14 heavy (non-hydrogen) atoms. The van der Waals surface area contributed by atoms with E-state index >= 15 is 0 Å². The second-order valence-electron chi connectivity index (χ2n) is 2.74. The average molecular weight is 197 g/mol. The van der Waals surface area contributed by atoms with Gasteiger partial charge >= 0.3 is 5.97 Å². The summed E-state index contributed by atoms with van der Waals surface area (Å²) in [7, 11) is 0. The number of hydrogen-bond acceptors (Lipinski definition) is 5. The molecule has 0 aliphatic heterocycles. The fraction of sp³-hybridized carbons (Fsp3) is 0.444. The molecule has 0 aromatic carbocycles. The van der Waals surface area contributed by atoms with E-state index in [1.54, 1.807) is 13.8 Å². The Morgan fingerprint density at radius 3 is 2.64 bits per heavy atom. The molecule has 0 aliphatic rings. The van der Waals surface area contributed by atoms with Gasteiger partial charge < -0.3 is 9.26 Å². The van der Waals surface area contributed by atoms with Crippen molar-refractivity contribution in [2.45, 2.75) is 20.8 Å². The van der Waals surface area contributed by atoms with Crippen molar-refractivity contribution in [3.63, 3.8) is 0 Å². The largest absolute Gasteiger partial charge is 0.462 e. The summed E-state index contributed by atoms with van der Waals surface area (Å²) in [5.74, 6) is -0.588. The number of rotatable bonds is 3. The van der Waals surface area contributed by atoms with Crippen LogP contribution in [0.5, 0.6) is 0 Å². The first-order valence-electron chi connectivity index (χ1n) is 4.22. The van der Waals surface area contributed by atoms with Crippen LogP contribution >= 0.6 is 0 Å². The molecule has 0 N–H and O–H groups in total. The number of ketones is 1. The Labute approximate surface area is 81.0 Å². The van der Waals surface area contributed by atoms with Crippen LogP contribution in [0.25, 0.3) is 0 Å². The smallest absolute Gasteiger partial charge is 0.344 e. The molecule has 5 heteroatoms. The Morgan fingerprint density at radius 1 is 1.50 bits per heavy atom. The van der Waals surface area contributed by atoms with Crippen LogP contribution < -0.4 is 0 Å². The molecule has 0 saturated heterocycles. The van der Waals surface area contributed by atoms with Gasteiger partial charge in [0.1, 0.15) is 11.3 Å². The van der Waals surface area contributed by atoms with Crippen LogP contribution in [0.4, 0.5) is 0 Å². The van der Waals surface area contributed by atoms with Crippen LogP contribution in [-0.2, 0) is 4.74 Å². The summed E-state index contributed by atoms with van der Waals surface area (Å²) in [5.41, 5.74) is 0.153. The van der Waals surface area contributed by atoms with Gasteiger partial charge in [-0.15, -0.1) is 0 Å². The highest BCUT2D eigenvalue weighted by molar-refractivity contribution is 6.04. The first kappa shape index (κ1) is 10.4. The third-order valence-corrected chi connectivity index (χ3v) is 1.68. The van der Waals surface area contributed by atoms with Gasteiger partial charge in [-0.3, -0.25) is 4.79 Å². The van der Waals surface area contributed by atoms with Crippen molar-refractivity contribution < 1.29 is 18.8 Å². The highest BCUT2D eigenvalue weighted by Gasteiger charge is 2.23. The van der Waals surface area contributed by atoms with Gasteiger partial charge in [0.25, 0.3) is 0 Å². The fourth-order valence-corrected chi connectivity index (χ4v) is 1.06. The summed E-state index contributed by atoms with van der Waals surface area (Å²) in [5, 5.41) is 3.49. The molecule has 1 rings (SSSR count). The molecule has 5 nitrogen and oxygen atoms in total. The predicted molar refractivity (Wildman–Crippen MR) is 47.2 cm³/mol. The molecule has 0 radical (unpaired) electrons. The number of aryl methyl sites for hydroxylation is 1. The van der Waals surface area contributed by atoms with Gasteiger partial charge in [0.05, 0.1) is 6.61 Å². The second kappa shape index (κ2) is 4.04. The van der Waals surface area contributed by atoms with Crippen LogP contribution in [0.3, 0.4) is 0 Å². The summed E-state index contributed by atoms with van der Waals surface area (Å²) in [4.78, 5) is 22.4. The van der Waals surface area contributed by atoms with E-state index in [0.29, 0.717) is 5.76 Å². The van der Waals surface area contributed by atoms with E-state index in [0.717, 1.165) is 0 Å². The van der Waals surface area contributed by atoms with Crippen LogP contribution in [0.2, 0.25) is 0 Å². The molecule has 0 spiro atoms. The Hall–Kier alpha value is -1.65. The summed E-state index contributed by atoms with van der Waals surface area (Å²) in [6.07, 6.45) is 0. The fourth-order valence-electron chi connectivity index (χ4n) is 1.06. The highest BCUT2D eigenvalue weighted by Crippen LogP contribution is 2.15. The molecular weight excluding hydrogens is 186 g/mol. The monoisotopic (exact) mass is 197 g/mol. The van der Waals surface area contributed by atoms with Gasteiger partial charge in [-0.2, -0.15) is 0 Å². The zero-order chi connectivity index (χ0) is 10.7. The van der Waals surface area contributed by atoms with E-state index in [1.165, 1.54) is 6.92 Å². The molecule has 0 atom stereocenters. The van der Waals surface area contributed by atoms with E-state index in [2.05, 4.69) is 5.16 Å². The number of carbonyl (C=O) groups excluding carboxylic acids is 2. The molecule has 0 unspecified atom stereocenters. The van der Waals surface area contributed by atoms with E-state index in [4.69, 9.17) is 9.26 Å². The number of ether oxygens (including phenoxy) is 1. The van der Waals surface area contributed by atoms with E-state index in [-0.39, 0.29) is 23.6 Å². The molecular formula is C9H11NO4. The number of nitrogens with zero attached hydrogens (tertiary/aromatic N) is 1. The summed E-state index contributed by atoms with van der Waals surface area (Å²) < 4.78 is 9.52. The first-order valence-corrected chi connectivity index (χ1v) is 4.22. The van der Waals surface area contributed by atoms with Gasteiger partial charge in [0.15, 0.2) is 11.5 Å². The minimum atomic E-state index is -0.573. The summed E-state index contributed by atoms with van der Waals surface area (Å²) in [6, 6.07) is 0. The maximum Gasteiger partial charge on any atom is 0.344 e. The first-order chi connectivity index (χ1) is 6.57. The van der Waals surface area contributed by atoms with Crippen molar-refractivity contribution in [1.82, 2.24) is 5.16 Å². The Kier molecular flexibility index (Phi) is 3.01. The quantitative estimate of drug-likeness (QED) is 0.540. The average Bonchev–Trinajstić information content (AvgIpc) is 2.47. The van der Waals surface area contributed by atoms with Crippen molar-refractivity contribution in [2.24, 2.45) is 0 Å². The lowest BCUT2D eigenvalue weighted by Gasteiger charge is -1.99. The summed E-state index contributed by atoms with van der Waals surface area (Å²) >= 11 is 0. The molecule has 0 bridgehead atoms. The third kappa shape index (κ3) is 1.81. The zero-order valence-electron chi connectivity index (χ0n) is 8.29. The molecule has 76 valence electrons. The van der Waals surface area contributed by atoms with Crippen LogP contribution in [0, 0.1) is 6.92 Å². The zero-order valence-corrected chi connectivity index (χ0v) is 8.29. The maximum absolute atomic E-state index is 11.4. The highest BCUT2D eigenvalue weighted by atomic mass is 16.5. The van der Waals surface area contributed by atoms with Crippen LogP contribution in [0.1, 0.15) is 40.5 Å². The molecule has 0 saturated carbocycles. The number of esters is 1. The molecule has 0 fully saturated rings. The van der Waals surface area contributed by atoms with Crippen molar-refractivity contribution in [2.75, 3.05) is 6.61 Å². The van der Waals surface area contributed by atoms with Gasteiger partial charge in [0.2, 0.25) is 0 Å². The third-order valence-electron chi connectivity index (χ3n) is 1.68. The summed E-state index contributed by atoms with van der Waals surface area (Å²) in [6.45, 7) is 4.82. The second-order valence-corrected chi connectivity index (χ2v) is 2.74. The number of Topliss-reactive ketones (excluding diaryl/α,β-unsaturated/α-hetero) is 1. The van der Waals surface area contributed by atoms with Crippen molar-refractivity contribution in [3.05, 3.63) is 17.0 Å². The van der Waals surface area contributed by atoms with Gasteiger partial charge in [-0.1, -0.05) is 5.16 Å². The van der Waals surface area contributed by atoms with Crippen molar-refractivity contribution in [1.29, 1.82) is 0 Å². The molecule has 0 amide bonds.